The van der Waals surface area contributed by atoms with Gasteiger partial charge in [-0.05, 0) is 48.7 Å². The van der Waals surface area contributed by atoms with Gasteiger partial charge < -0.3 is 20.3 Å². The van der Waals surface area contributed by atoms with Gasteiger partial charge in [-0.25, -0.2) is 15.0 Å². The van der Waals surface area contributed by atoms with Crippen LogP contribution in [0.25, 0.3) is 54.3 Å². The molecule has 0 bridgehead atoms. The maximum atomic E-state index is 10.2. The van der Waals surface area contributed by atoms with Gasteiger partial charge in [0.15, 0.2) is 17.0 Å². The van der Waals surface area contributed by atoms with Crippen molar-refractivity contribution < 1.29 is 14.9 Å². The van der Waals surface area contributed by atoms with Crippen molar-refractivity contribution in [1.82, 2.24) is 19.5 Å². The van der Waals surface area contributed by atoms with Gasteiger partial charge in [0.25, 0.3) is 0 Å². The van der Waals surface area contributed by atoms with E-state index in [4.69, 9.17) is 4.74 Å². The third-order valence-corrected chi connectivity index (χ3v) is 8.12. The molecule has 2 aromatic heterocycles. The Labute approximate surface area is 222 Å². The maximum absolute atomic E-state index is 10.2. The molecular weight excluding hydrogens is 490 g/mol. The van der Waals surface area contributed by atoms with Gasteiger partial charge in [-0.2, -0.15) is 0 Å². The summed E-state index contributed by atoms with van der Waals surface area (Å²) in [6.45, 7) is 0.331. The van der Waals surface area contributed by atoms with E-state index in [1.165, 1.54) is 55.0 Å². The molecule has 3 heterocycles. The number of aliphatic hydroxyl groups is 2. The molecule has 1 fully saturated rings. The van der Waals surface area contributed by atoms with Crippen molar-refractivity contribution in [3.8, 4) is 0 Å². The number of fused-ring (bicyclic) bond motifs is 3. The second-order valence-corrected chi connectivity index (χ2v) is 10.2. The van der Waals surface area contributed by atoms with Gasteiger partial charge in [0, 0.05) is 13.0 Å². The van der Waals surface area contributed by atoms with Crippen LogP contribution in [0.15, 0.2) is 79.4 Å². The Balaban J connectivity index is 1.19. The highest BCUT2D eigenvalue weighted by Crippen LogP contribution is 2.41. The van der Waals surface area contributed by atoms with E-state index in [0.717, 1.165) is 0 Å². The SMILES string of the molecule is OC[C@H]1O[C@@H](n2cnc3c(NCc4ccc5c6cccc7cccc(c8cccc4c85)c76)ncnc32)C[C@@H]1O. The first-order valence-corrected chi connectivity index (χ1v) is 13.1. The molecule has 8 nitrogen and oxygen atoms in total. The summed E-state index contributed by atoms with van der Waals surface area (Å²) < 4.78 is 7.61. The summed E-state index contributed by atoms with van der Waals surface area (Å²) >= 11 is 0. The predicted octanol–water partition coefficient (Wildman–Crippen LogP) is 5.13. The number of aliphatic hydroxyl groups excluding tert-OH is 2. The Bertz CT molecular complexity index is 1970. The van der Waals surface area contributed by atoms with Crippen molar-refractivity contribution in [2.24, 2.45) is 0 Å². The fourth-order valence-corrected chi connectivity index (χ4v) is 6.28. The van der Waals surface area contributed by atoms with Gasteiger partial charge >= 0.3 is 0 Å². The number of nitrogens with one attached hydrogen (secondary N) is 1. The summed E-state index contributed by atoms with van der Waals surface area (Å²) in [6, 6.07) is 24.1. The van der Waals surface area contributed by atoms with Gasteiger partial charge in [-0.1, -0.05) is 66.7 Å². The molecule has 3 N–H and O–H groups in total. The van der Waals surface area contributed by atoms with Crippen molar-refractivity contribution in [2.45, 2.75) is 31.4 Å². The molecule has 7 aromatic rings. The average molecular weight is 516 g/mol. The van der Waals surface area contributed by atoms with E-state index >= 15 is 0 Å². The number of ether oxygens (including phenoxy) is 1. The monoisotopic (exact) mass is 515 g/mol. The first-order valence-electron chi connectivity index (χ1n) is 13.1. The van der Waals surface area contributed by atoms with E-state index in [0.29, 0.717) is 29.9 Å². The Kier molecular flexibility index (Phi) is 4.97. The second kappa shape index (κ2) is 8.57. The maximum Gasteiger partial charge on any atom is 0.167 e. The summed E-state index contributed by atoms with van der Waals surface area (Å²) in [5.74, 6) is 0.631. The van der Waals surface area contributed by atoms with E-state index in [2.05, 4.69) is 87.0 Å². The lowest BCUT2D eigenvalue weighted by atomic mass is 9.88. The van der Waals surface area contributed by atoms with Gasteiger partial charge in [-0.3, -0.25) is 4.57 Å². The van der Waals surface area contributed by atoms with Crippen molar-refractivity contribution >= 4 is 60.1 Å². The van der Waals surface area contributed by atoms with Crippen LogP contribution in [0.2, 0.25) is 0 Å². The highest BCUT2D eigenvalue weighted by atomic mass is 16.5. The number of anilines is 1. The highest BCUT2D eigenvalue weighted by Gasteiger charge is 2.35. The van der Waals surface area contributed by atoms with Crippen LogP contribution in [-0.2, 0) is 11.3 Å². The van der Waals surface area contributed by atoms with Crippen LogP contribution in [0.5, 0.6) is 0 Å². The molecule has 0 saturated carbocycles. The lowest BCUT2D eigenvalue weighted by molar-refractivity contribution is -0.0432. The molecule has 0 radical (unpaired) electrons. The zero-order chi connectivity index (χ0) is 26.1. The van der Waals surface area contributed by atoms with Crippen LogP contribution in [-0.4, -0.2) is 48.5 Å². The number of aromatic nitrogens is 4. The van der Waals surface area contributed by atoms with Crippen LogP contribution in [0, 0.1) is 0 Å². The van der Waals surface area contributed by atoms with E-state index in [1.807, 2.05) is 0 Å². The minimum Gasteiger partial charge on any atom is -0.394 e. The molecule has 0 unspecified atom stereocenters. The molecule has 8 heteroatoms. The summed E-state index contributed by atoms with van der Waals surface area (Å²) in [5.41, 5.74) is 2.41. The number of rotatable bonds is 5. The van der Waals surface area contributed by atoms with Crippen molar-refractivity contribution in [3.05, 3.63) is 84.9 Å². The van der Waals surface area contributed by atoms with Gasteiger partial charge in [0.1, 0.15) is 18.7 Å². The number of hydrogen-bond donors (Lipinski definition) is 3. The van der Waals surface area contributed by atoms with E-state index < -0.39 is 18.4 Å². The van der Waals surface area contributed by atoms with Gasteiger partial charge in [-0.15, -0.1) is 0 Å². The molecular formula is C31H25N5O3. The molecule has 1 aliphatic rings. The van der Waals surface area contributed by atoms with Crippen LogP contribution in [0.3, 0.4) is 0 Å². The molecule has 0 spiro atoms. The quantitative estimate of drug-likeness (QED) is 0.216. The third kappa shape index (κ3) is 3.32. The first kappa shape index (κ1) is 22.6. The lowest BCUT2D eigenvalue weighted by Crippen LogP contribution is -2.24. The Hall–Kier alpha value is -4.37. The standard InChI is InChI=1S/C31H25N5O3/c37-14-25-24(38)12-26(39-25)36-16-35-29-30(33-15-34-31(29)36)32-13-18-10-11-23-21-8-2-5-17-4-1-7-20(27(17)21)22-9-3-6-19(18)28(22)23/h1-11,15-16,24-26,37-38H,12-14H2,(H,32,33,34)/t24-,25+,26+/m0/s1. The predicted molar refractivity (Wildman–Crippen MR) is 152 cm³/mol. The molecule has 1 saturated heterocycles. The Morgan fingerprint density at radius 2 is 1.56 bits per heavy atom. The smallest absolute Gasteiger partial charge is 0.167 e. The number of hydrogen-bond acceptors (Lipinski definition) is 7. The molecule has 1 aliphatic heterocycles. The molecule has 0 aliphatic carbocycles. The first-order chi connectivity index (χ1) is 19.2. The topological polar surface area (TPSA) is 105 Å². The number of nitrogens with zero attached hydrogens (tertiary/aromatic N) is 4. The summed E-state index contributed by atoms with van der Waals surface area (Å²) in [4.78, 5) is 13.5. The van der Waals surface area contributed by atoms with Crippen molar-refractivity contribution in [1.29, 1.82) is 0 Å². The van der Waals surface area contributed by atoms with Crippen LogP contribution >= 0.6 is 0 Å². The average Bonchev–Trinajstić information content (AvgIpc) is 3.58. The molecule has 39 heavy (non-hydrogen) atoms. The highest BCUT2D eigenvalue weighted by molar-refractivity contribution is 6.33. The summed E-state index contributed by atoms with van der Waals surface area (Å²) in [7, 11) is 0. The summed E-state index contributed by atoms with van der Waals surface area (Å²) in [6.07, 6.45) is 1.73. The Morgan fingerprint density at radius 3 is 2.33 bits per heavy atom. The van der Waals surface area contributed by atoms with Crippen LogP contribution in [0.1, 0.15) is 18.2 Å². The van der Waals surface area contributed by atoms with E-state index in [9.17, 15) is 10.2 Å². The van der Waals surface area contributed by atoms with Gasteiger partial charge in [0.2, 0.25) is 0 Å². The Morgan fingerprint density at radius 1 is 0.846 bits per heavy atom. The second-order valence-electron chi connectivity index (χ2n) is 10.2. The molecule has 0 amide bonds. The zero-order valence-electron chi connectivity index (χ0n) is 21.0. The molecule has 5 aromatic carbocycles. The van der Waals surface area contributed by atoms with E-state index in [-0.39, 0.29) is 6.61 Å². The van der Waals surface area contributed by atoms with Crippen LogP contribution in [0.4, 0.5) is 5.82 Å². The fraction of sp³-hybridized carbons (Fsp3) is 0.194. The van der Waals surface area contributed by atoms with Crippen molar-refractivity contribution in [2.75, 3.05) is 11.9 Å². The normalized spacial score (nSPS) is 19.8. The minimum atomic E-state index is -0.733. The van der Waals surface area contributed by atoms with Gasteiger partial charge in [0.05, 0.1) is 19.0 Å². The van der Waals surface area contributed by atoms with Crippen molar-refractivity contribution in [3.63, 3.8) is 0 Å². The van der Waals surface area contributed by atoms with E-state index in [1.54, 1.807) is 10.9 Å². The summed E-state index contributed by atoms with van der Waals surface area (Å²) in [5, 5.41) is 33.2. The third-order valence-electron chi connectivity index (χ3n) is 8.12. The number of benzene rings is 5. The molecule has 3 atom stereocenters. The lowest BCUT2D eigenvalue weighted by Gasteiger charge is -2.17. The van der Waals surface area contributed by atoms with Crippen LogP contribution < -0.4 is 5.32 Å². The zero-order valence-corrected chi connectivity index (χ0v) is 21.0. The number of imidazole rings is 1. The minimum absolute atomic E-state index is 0.235. The fourth-order valence-electron chi connectivity index (χ4n) is 6.28. The molecule has 192 valence electrons. The largest absolute Gasteiger partial charge is 0.394 e. The molecule has 8 rings (SSSR count).